The zero-order valence-electron chi connectivity index (χ0n) is 13.7. The van der Waals surface area contributed by atoms with Crippen molar-refractivity contribution >= 4 is 27.8 Å². The van der Waals surface area contributed by atoms with Gasteiger partial charge in [-0.2, -0.15) is 0 Å². The number of carbonyl (C=O) groups excluding carboxylic acids is 2. The van der Waals surface area contributed by atoms with Crippen molar-refractivity contribution in [3.05, 3.63) is 28.5 Å². The molecular formula is C17H23BrN2O3. The van der Waals surface area contributed by atoms with Crippen molar-refractivity contribution in [2.75, 3.05) is 0 Å². The van der Waals surface area contributed by atoms with Gasteiger partial charge in [0.2, 0.25) is 0 Å². The van der Waals surface area contributed by atoms with Crippen LogP contribution in [0.1, 0.15) is 50.4 Å². The molecule has 1 aliphatic carbocycles. The maximum atomic E-state index is 12.3. The molecular weight excluding hydrogens is 360 g/mol. The minimum atomic E-state index is -0.828. The van der Waals surface area contributed by atoms with Crippen molar-refractivity contribution < 1.29 is 14.3 Å². The zero-order valence-corrected chi connectivity index (χ0v) is 15.3. The molecule has 0 aliphatic heterocycles. The third kappa shape index (κ3) is 4.77. The fourth-order valence-corrected chi connectivity index (χ4v) is 3.26. The van der Waals surface area contributed by atoms with Gasteiger partial charge in [-0.3, -0.25) is 9.78 Å². The standard InChI is InChI=1S/C17H23BrN2O3/c1-10-5-4-6-15(11(10)2)20-16(21)12(3)23-17(22)13-7-14(18)9-19-8-13/h7-12,15H,4-6H2,1-3H3,(H,20,21)/t10-,11-,12-,15-/m1/s1. The molecule has 1 aliphatic rings. The fourth-order valence-electron chi connectivity index (χ4n) is 2.89. The number of ether oxygens (including phenoxy) is 1. The van der Waals surface area contributed by atoms with E-state index >= 15 is 0 Å². The second-order valence-electron chi connectivity index (χ2n) is 6.32. The lowest BCUT2D eigenvalue weighted by atomic mass is 9.78. The molecule has 1 saturated carbocycles. The summed E-state index contributed by atoms with van der Waals surface area (Å²) in [5.41, 5.74) is 0.318. The maximum Gasteiger partial charge on any atom is 0.340 e. The highest BCUT2D eigenvalue weighted by molar-refractivity contribution is 9.10. The van der Waals surface area contributed by atoms with Gasteiger partial charge in [-0.15, -0.1) is 0 Å². The molecule has 5 nitrogen and oxygen atoms in total. The number of amides is 1. The molecule has 6 heteroatoms. The van der Waals surface area contributed by atoms with Crippen LogP contribution in [0.2, 0.25) is 0 Å². The maximum absolute atomic E-state index is 12.3. The summed E-state index contributed by atoms with van der Waals surface area (Å²) in [5, 5.41) is 3.03. The smallest absolute Gasteiger partial charge is 0.340 e. The van der Waals surface area contributed by atoms with Gasteiger partial charge in [0, 0.05) is 22.9 Å². The van der Waals surface area contributed by atoms with Gasteiger partial charge in [-0.1, -0.05) is 26.7 Å². The van der Waals surface area contributed by atoms with Crippen LogP contribution in [0.4, 0.5) is 0 Å². The number of nitrogens with zero attached hydrogens (tertiary/aromatic N) is 1. The number of carbonyl (C=O) groups is 2. The first-order valence-corrected chi connectivity index (χ1v) is 8.79. The second-order valence-corrected chi connectivity index (χ2v) is 7.24. The van der Waals surface area contributed by atoms with Gasteiger partial charge in [0.05, 0.1) is 5.56 Å². The molecule has 0 unspecified atom stereocenters. The highest BCUT2D eigenvalue weighted by Gasteiger charge is 2.30. The van der Waals surface area contributed by atoms with Crippen molar-refractivity contribution in [2.24, 2.45) is 11.8 Å². The lowest BCUT2D eigenvalue weighted by Crippen LogP contribution is -2.47. The van der Waals surface area contributed by atoms with Gasteiger partial charge in [0.1, 0.15) is 0 Å². The van der Waals surface area contributed by atoms with Crippen LogP contribution in [0.5, 0.6) is 0 Å². The molecule has 0 bridgehead atoms. The number of pyridine rings is 1. The highest BCUT2D eigenvalue weighted by Crippen LogP contribution is 2.29. The average molecular weight is 383 g/mol. The highest BCUT2D eigenvalue weighted by atomic mass is 79.9. The van der Waals surface area contributed by atoms with Crippen molar-refractivity contribution in [2.45, 2.75) is 52.2 Å². The number of hydrogen-bond acceptors (Lipinski definition) is 4. The number of hydrogen-bond donors (Lipinski definition) is 1. The minimum Gasteiger partial charge on any atom is -0.449 e. The van der Waals surface area contributed by atoms with E-state index in [0.29, 0.717) is 21.9 Å². The van der Waals surface area contributed by atoms with Gasteiger partial charge in [0.15, 0.2) is 6.10 Å². The van der Waals surface area contributed by atoms with Gasteiger partial charge < -0.3 is 10.1 Å². The Kier molecular flexibility index (Phi) is 6.16. The largest absolute Gasteiger partial charge is 0.449 e. The van der Waals surface area contributed by atoms with Gasteiger partial charge in [-0.25, -0.2) is 4.79 Å². The first-order valence-electron chi connectivity index (χ1n) is 8.00. The molecule has 1 heterocycles. The summed E-state index contributed by atoms with van der Waals surface area (Å²) < 4.78 is 5.93. The van der Waals surface area contributed by atoms with Crippen LogP contribution in [0.15, 0.2) is 22.9 Å². The molecule has 2 rings (SSSR count). The summed E-state index contributed by atoms with van der Waals surface area (Å²) in [6, 6.07) is 1.77. The van der Waals surface area contributed by atoms with E-state index < -0.39 is 12.1 Å². The fraction of sp³-hybridized carbons (Fsp3) is 0.588. The SMILES string of the molecule is C[C@@H]1[C@H](C)CCC[C@H]1NC(=O)[C@@H](C)OC(=O)c1cncc(Br)c1. The molecule has 4 atom stereocenters. The first-order chi connectivity index (χ1) is 10.9. The normalized spacial score (nSPS) is 25.5. The minimum absolute atomic E-state index is 0.153. The third-order valence-corrected chi connectivity index (χ3v) is 5.06. The van der Waals surface area contributed by atoms with E-state index in [-0.39, 0.29) is 11.9 Å². The predicted molar refractivity (Wildman–Crippen MR) is 90.9 cm³/mol. The lowest BCUT2D eigenvalue weighted by molar-refractivity contribution is -0.130. The monoisotopic (exact) mass is 382 g/mol. The summed E-state index contributed by atoms with van der Waals surface area (Å²) in [7, 11) is 0. The predicted octanol–water partition coefficient (Wildman–Crippen LogP) is 3.33. The second kappa shape index (κ2) is 7.90. The molecule has 0 radical (unpaired) electrons. The molecule has 1 aromatic heterocycles. The van der Waals surface area contributed by atoms with Crippen LogP contribution < -0.4 is 5.32 Å². The number of nitrogens with one attached hydrogen (secondary N) is 1. The Hall–Kier alpha value is -1.43. The molecule has 1 aromatic rings. The number of rotatable bonds is 4. The Morgan fingerprint density at radius 3 is 2.78 bits per heavy atom. The summed E-state index contributed by atoms with van der Waals surface area (Å²) in [5.74, 6) is 0.239. The zero-order chi connectivity index (χ0) is 17.0. The van der Waals surface area contributed by atoms with E-state index in [2.05, 4.69) is 40.1 Å². The molecule has 126 valence electrons. The van der Waals surface area contributed by atoms with Crippen LogP contribution in [0.25, 0.3) is 0 Å². The Morgan fingerprint density at radius 1 is 1.35 bits per heavy atom. The van der Waals surface area contributed by atoms with E-state index in [1.54, 1.807) is 19.2 Å². The number of esters is 1. The topological polar surface area (TPSA) is 68.3 Å². The average Bonchev–Trinajstić information content (AvgIpc) is 2.51. The van der Waals surface area contributed by atoms with Crippen LogP contribution in [0.3, 0.4) is 0 Å². The van der Waals surface area contributed by atoms with E-state index in [9.17, 15) is 9.59 Å². The number of halogens is 1. The van der Waals surface area contributed by atoms with E-state index in [4.69, 9.17) is 4.74 Å². The van der Waals surface area contributed by atoms with Gasteiger partial charge >= 0.3 is 5.97 Å². The molecule has 1 N–H and O–H groups in total. The summed E-state index contributed by atoms with van der Waals surface area (Å²) >= 11 is 3.25. The molecule has 1 fully saturated rings. The summed E-state index contributed by atoms with van der Waals surface area (Å²) in [6.07, 6.45) is 5.47. The van der Waals surface area contributed by atoms with E-state index in [0.717, 1.165) is 12.8 Å². The number of aromatic nitrogens is 1. The van der Waals surface area contributed by atoms with E-state index in [1.807, 2.05) is 0 Å². The first kappa shape index (κ1) is 17.9. The molecule has 0 saturated heterocycles. The van der Waals surface area contributed by atoms with E-state index in [1.165, 1.54) is 12.6 Å². The Bertz CT molecular complexity index is 579. The quantitative estimate of drug-likeness (QED) is 0.810. The van der Waals surface area contributed by atoms with Crippen molar-refractivity contribution in [1.29, 1.82) is 0 Å². The van der Waals surface area contributed by atoms with Gasteiger partial charge in [-0.05, 0) is 47.2 Å². The van der Waals surface area contributed by atoms with Crippen molar-refractivity contribution in [3.8, 4) is 0 Å². The van der Waals surface area contributed by atoms with Crippen LogP contribution in [-0.2, 0) is 9.53 Å². The summed E-state index contributed by atoms with van der Waals surface area (Å²) in [6.45, 7) is 5.97. The van der Waals surface area contributed by atoms with Gasteiger partial charge in [0.25, 0.3) is 5.91 Å². The van der Waals surface area contributed by atoms with Crippen molar-refractivity contribution in [1.82, 2.24) is 10.3 Å². The Labute approximate surface area is 145 Å². The summed E-state index contributed by atoms with van der Waals surface area (Å²) in [4.78, 5) is 28.3. The third-order valence-electron chi connectivity index (χ3n) is 4.63. The molecule has 0 aromatic carbocycles. The van der Waals surface area contributed by atoms with Crippen molar-refractivity contribution in [3.63, 3.8) is 0 Å². The lowest BCUT2D eigenvalue weighted by Gasteiger charge is -2.35. The Balaban J connectivity index is 1.91. The Morgan fingerprint density at radius 2 is 2.09 bits per heavy atom. The van der Waals surface area contributed by atoms with Crippen LogP contribution in [-0.4, -0.2) is 29.0 Å². The molecule has 23 heavy (non-hydrogen) atoms. The molecule has 1 amide bonds. The van der Waals surface area contributed by atoms with Crippen LogP contribution >= 0.6 is 15.9 Å². The molecule has 0 spiro atoms. The van der Waals surface area contributed by atoms with Crippen LogP contribution in [0, 0.1) is 11.8 Å².